The first-order chi connectivity index (χ1) is 11.3. The van der Waals surface area contributed by atoms with Crippen LogP contribution in [-0.4, -0.2) is 26.4 Å². The van der Waals surface area contributed by atoms with Gasteiger partial charge in [-0.15, -0.1) is 0 Å². The summed E-state index contributed by atoms with van der Waals surface area (Å²) in [6, 6.07) is 9.21. The zero-order valence-electron chi connectivity index (χ0n) is 13.9. The van der Waals surface area contributed by atoms with Gasteiger partial charge in [0.2, 0.25) is 10.0 Å². The largest absolute Gasteiger partial charge is 0.497 e. The Kier molecular flexibility index (Phi) is 4.36. The lowest BCUT2D eigenvalue weighted by atomic mass is 9.95. The molecule has 24 heavy (non-hydrogen) atoms. The zero-order chi connectivity index (χ0) is 17.5. The molecular formula is C18H20FNO3S. The maximum absolute atomic E-state index is 13.3. The molecule has 1 heterocycles. The molecule has 6 heteroatoms. The lowest BCUT2D eigenvalue weighted by molar-refractivity contribution is 0.325. The van der Waals surface area contributed by atoms with Gasteiger partial charge >= 0.3 is 0 Å². The van der Waals surface area contributed by atoms with E-state index in [1.165, 1.54) is 22.5 Å². The second-order valence-corrected chi connectivity index (χ2v) is 7.88. The molecule has 1 aliphatic rings. The first kappa shape index (κ1) is 16.9. The summed E-state index contributed by atoms with van der Waals surface area (Å²) < 4.78 is 46.1. The third kappa shape index (κ3) is 2.80. The first-order valence-corrected chi connectivity index (χ1v) is 9.23. The fraction of sp³-hybridized carbons (Fsp3) is 0.333. The van der Waals surface area contributed by atoms with Gasteiger partial charge in [0.25, 0.3) is 0 Å². The van der Waals surface area contributed by atoms with E-state index < -0.39 is 15.8 Å². The molecule has 3 rings (SSSR count). The minimum absolute atomic E-state index is 0.160. The molecule has 0 N–H and O–H groups in total. The molecule has 0 spiro atoms. The van der Waals surface area contributed by atoms with Gasteiger partial charge in [0.05, 0.1) is 12.0 Å². The molecule has 1 unspecified atom stereocenters. The Labute approximate surface area is 141 Å². The smallest absolute Gasteiger partial charge is 0.243 e. The molecule has 4 nitrogen and oxygen atoms in total. The van der Waals surface area contributed by atoms with E-state index in [1.54, 1.807) is 14.0 Å². The molecule has 1 atom stereocenters. The molecule has 0 radical (unpaired) electrons. The van der Waals surface area contributed by atoms with Crippen LogP contribution in [0, 0.1) is 12.7 Å². The van der Waals surface area contributed by atoms with Crippen LogP contribution in [0.25, 0.3) is 0 Å². The predicted molar refractivity (Wildman–Crippen MR) is 90.1 cm³/mol. The molecule has 0 fully saturated rings. The number of rotatable bonds is 3. The number of nitrogens with zero attached hydrogens (tertiary/aromatic N) is 1. The summed E-state index contributed by atoms with van der Waals surface area (Å²) in [5.41, 5.74) is 2.50. The van der Waals surface area contributed by atoms with Crippen LogP contribution in [0.15, 0.2) is 41.3 Å². The van der Waals surface area contributed by atoms with Gasteiger partial charge in [-0.05, 0) is 67.3 Å². The van der Waals surface area contributed by atoms with E-state index in [2.05, 4.69) is 0 Å². The van der Waals surface area contributed by atoms with E-state index in [0.717, 1.165) is 16.9 Å². The Balaban J connectivity index is 2.00. The van der Waals surface area contributed by atoms with E-state index in [9.17, 15) is 12.8 Å². The van der Waals surface area contributed by atoms with E-state index >= 15 is 0 Å². The lowest BCUT2D eigenvalue weighted by Crippen LogP contribution is -2.39. The Bertz CT molecular complexity index is 880. The number of fused-ring (bicyclic) bond motifs is 1. The van der Waals surface area contributed by atoms with E-state index in [-0.39, 0.29) is 10.9 Å². The quantitative estimate of drug-likeness (QED) is 0.853. The summed E-state index contributed by atoms with van der Waals surface area (Å²) in [6.45, 7) is 3.88. The van der Waals surface area contributed by atoms with Crippen LogP contribution in [0.2, 0.25) is 0 Å². The van der Waals surface area contributed by atoms with Gasteiger partial charge in [0, 0.05) is 12.6 Å². The molecule has 128 valence electrons. The van der Waals surface area contributed by atoms with Crippen LogP contribution >= 0.6 is 0 Å². The van der Waals surface area contributed by atoms with E-state index in [1.807, 2.05) is 25.1 Å². The van der Waals surface area contributed by atoms with Crippen LogP contribution < -0.4 is 4.74 Å². The van der Waals surface area contributed by atoms with E-state index in [4.69, 9.17) is 4.74 Å². The van der Waals surface area contributed by atoms with Gasteiger partial charge < -0.3 is 4.74 Å². The summed E-state index contributed by atoms with van der Waals surface area (Å²) in [6.07, 6.45) is 0.621. The molecule has 1 aliphatic heterocycles. The third-order valence-electron chi connectivity index (χ3n) is 4.56. The SMILES string of the molecule is COc1ccc2c(c1)CCN(S(=O)(=O)c1ccc(F)cc1C)C2C. The van der Waals surface area contributed by atoms with E-state index in [0.29, 0.717) is 18.5 Å². The molecule has 0 saturated heterocycles. The lowest BCUT2D eigenvalue weighted by Gasteiger charge is -2.34. The van der Waals surface area contributed by atoms with Crippen molar-refractivity contribution in [2.75, 3.05) is 13.7 Å². The molecule has 2 aromatic carbocycles. The van der Waals surface area contributed by atoms with Crippen molar-refractivity contribution in [3.05, 3.63) is 58.9 Å². The molecule has 2 aromatic rings. The van der Waals surface area contributed by atoms with Gasteiger partial charge in [-0.25, -0.2) is 12.8 Å². The monoisotopic (exact) mass is 349 g/mol. The molecular weight excluding hydrogens is 329 g/mol. The number of hydrogen-bond acceptors (Lipinski definition) is 3. The summed E-state index contributed by atoms with van der Waals surface area (Å²) in [5.74, 6) is 0.335. The van der Waals surface area contributed by atoms with Crippen LogP contribution in [0.3, 0.4) is 0 Å². The third-order valence-corrected chi connectivity index (χ3v) is 6.69. The Morgan fingerprint density at radius 2 is 1.96 bits per heavy atom. The number of aryl methyl sites for hydroxylation is 1. The van der Waals surface area contributed by atoms with Crippen LogP contribution in [-0.2, 0) is 16.4 Å². The van der Waals surface area contributed by atoms with Crippen LogP contribution in [0.4, 0.5) is 4.39 Å². The van der Waals surface area contributed by atoms with Crippen molar-refractivity contribution in [1.29, 1.82) is 0 Å². The van der Waals surface area contributed by atoms with Gasteiger partial charge in [-0.2, -0.15) is 4.31 Å². The Morgan fingerprint density at radius 1 is 1.21 bits per heavy atom. The molecule has 0 amide bonds. The molecule has 0 aromatic heterocycles. The molecule has 0 saturated carbocycles. The number of halogens is 1. The van der Waals surface area contributed by atoms with Crippen molar-refractivity contribution in [2.24, 2.45) is 0 Å². The zero-order valence-corrected chi connectivity index (χ0v) is 14.7. The maximum atomic E-state index is 13.3. The highest BCUT2D eigenvalue weighted by molar-refractivity contribution is 7.89. The number of hydrogen-bond donors (Lipinski definition) is 0. The highest BCUT2D eigenvalue weighted by Gasteiger charge is 2.34. The van der Waals surface area contributed by atoms with Crippen molar-refractivity contribution in [3.8, 4) is 5.75 Å². The minimum Gasteiger partial charge on any atom is -0.497 e. The average Bonchev–Trinajstić information content (AvgIpc) is 2.54. The van der Waals surface area contributed by atoms with Crippen molar-refractivity contribution >= 4 is 10.0 Å². The average molecular weight is 349 g/mol. The van der Waals surface area contributed by atoms with Crippen molar-refractivity contribution in [2.45, 2.75) is 31.2 Å². The molecule has 0 bridgehead atoms. The Hall–Kier alpha value is -1.92. The van der Waals surface area contributed by atoms with Crippen LogP contribution in [0.1, 0.15) is 29.7 Å². The fourth-order valence-electron chi connectivity index (χ4n) is 3.27. The number of sulfonamides is 1. The highest BCUT2D eigenvalue weighted by Crippen LogP contribution is 2.36. The number of benzene rings is 2. The second kappa shape index (κ2) is 6.18. The summed E-state index contributed by atoms with van der Waals surface area (Å²) >= 11 is 0. The topological polar surface area (TPSA) is 46.6 Å². The highest BCUT2D eigenvalue weighted by atomic mass is 32.2. The van der Waals surface area contributed by atoms with Gasteiger partial charge in [0.1, 0.15) is 11.6 Å². The second-order valence-electron chi connectivity index (χ2n) is 6.02. The first-order valence-electron chi connectivity index (χ1n) is 7.79. The van der Waals surface area contributed by atoms with Gasteiger partial charge in [-0.1, -0.05) is 6.07 Å². The summed E-state index contributed by atoms with van der Waals surface area (Å²) in [7, 11) is -2.07. The summed E-state index contributed by atoms with van der Waals surface area (Å²) in [4.78, 5) is 0.160. The fourth-order valence-corrected chi connectivity index (χ4v) is 5.09. The number of methoxy groups -OCH3 is 1. The molecule has 0 aliphatic carbocycles. The number of ether oxygens (including phenoxy) is 1. The minimum atomic E-state index is -3.68. The van der Waals surface area contributed by atoms with Gasteiger partial charge in [0.15, 0.2) is 0 Å². The normalized spacial score (nSPS) is 18.2. The van der Waals surface area contributed by atoms with Gasteiger partial charge in [-0.3, -0.25) is 0 Å². The van der Waals surface area contributed by atoms with Crippen molar-refractivity contribution in [1.82, 2.24) is 4.31 Å². The summed E-state index contributed by atoms with van der Waals surface area (Å²) in [5, 5.41) is 0. The van der Waals surface area contributed by atoms with Crippen molar-refractivity contribution in [3.63, 3.8) is 0 Å². The van der Waals surface area contributed by atoms with Crippen molar-refractivity contribution < 1.29 is 17.5 Å². The van der Waals surface area contributed by atoms with Crippen LogP contribution in [0.5, 0.6) is 5.75 Å². The standard InChI is InChI=1S/C18H20FNO3S/c1-12-10-15(19)4-7-18(12)24(21,22)20-9-8-14-11-16(23-3)5-6-17(14)13(20)2/h4-7,10-11,13H,8-9H2,1-3H3. The Morgan fingerprint density at radius 3 is 2.62 bits per heavy atom. The maximum Gasteiger partial charge on any atom is 0.243 e. The predicted octanol–water partition coefficient (Wildman–Crippen LogP) is 3.45.